The van der Waals surface area contributed by atoms with Crippen LogP contribution in [0.5, 0.6) is 5.75 Å². The molecule has 0 spiro atoms. The number of nitrogens with one attached hydrogen (secondary N) is 1. The van der Waals surface area contributed by atoms with Crippen LogP contribution in [0.4, 0.5) is 5.69 Å². The van der Waals surface area contributed by atoms with Crippen molar-refractivity contribution < 1.29 is 14.3 Å². The van der Waals surface area contributed by atoms with Gasteiger partial charge in [0.05, 0.1) is 7.11 Å². The van der Waals surface area contributed by atoms with Gasteiger partial charge in [-0.15, -0.1) is 0 Å². The summed E-state index contributed by atoms with van der Waals surface area (Å²) in [6.07, 6.45) is 0. The zero-order chi connectivity index (χ0) is 20.6. The molecule has 0 bridgehead atoms. The van der Waals surface area contributed by atoms with Gasteiger partial charge in [0, 0.05) is 29.9 Å². The van der Waals surface area contributed by atoms with Crippen LogP contribution in [0.3, 0.4) is 0 Å². The fourth-order valence-corrected chi connectivity index (χ4v) is 2.98. The van der Waals surface area contributed by atoms with E-state index in [2.05, 4.69) is 5.32 Å². The fraction of sp³-hybridized carbons (Fsp3) is 0.167. The minimum Gasteiger partial charge on any atom is -0.497 e. The number of rotatable bonds is 7. The third kappa shape index (κ3) is 5.23. The van der Waals surface area contributed by atoms with Crippen LogP contribution >= 0.6 is 0 Å². The van der Waals surface area contributed by atoms with E-state index in [0.29, 0.717) is 35.7 Å². The quantitative estimate of drug-likeness (QED) is 0.643. The second-order valence-corrected chi connectivity index (χ2v) is 6.57. The summed E-state index contributed by atoms with van der Waals surface area (Å²) in [5.41, 5.74) is 2.65. The summed E-state index contributed by atoms with van der Waals surface area (Å²) in [7, 11) is 1.59. The molecule has 0 atom stereocenters. The predicted octanol–water partition coefficient (Wildman–Crippen LogP) is 4.61. The van der Waals surface area contributed by atoms with Gasteiger partial charge >= 0.3 is 0 Å². The van der Waals surface area contributed by atoms with Gasteiger partial charge < -0.3 is 15.0 Å². The monoisotopic (exact) mass is 388 g/mol. The van der Waals surface area contributed by atoms with E-state index in [1.165, 1.54) is 0 Å². The van der Waals surface area contributed by atoms with E-state index < -0.39 is 0 Å². The predicted molar refractivity (Wildman–Crippen MR) is 114 cm³/mol. The molecule has 5 heteroatoms. The first kappa shape index (κ1) is 20.1. The molecule has 0 saturated heterocycles. The molecule has 5 nitrogen and oxygen atoms in total. The van der Waals surface area contributed by atoms with Crippen molar-refractivity contribution in [3.63, 3.8) is 0 Å². The lowest BCUT2D eigenvalue weighted by atomic mass is 10.1. The van der Waals surface area contributed by atoms with Gasteiger partial charge in [0.25, 0.3) is 11.8 Å². The van der Waals surface area contributed by atoms with E-state index in [1.54, 1.807) is 60.5 Å². The standard InChI is InChI=1S/C24H24N2O3/c1-3-26(17-18-8-5-4-6-9-18)24(28)20-11-7-10-19(16-20)23(27)25-21-12-14-22(29-2)15-13-21/h4-16H,3,17H2,1-2H3,(H,25,27). The van der Waals surface area contributed by atoms with Gasteiger partial charge in [0.15, 0.2) is 0 Å². The molecule has 0 unspecified atom stereocenters. The molecular formula is C24H24N2O3. The van der Waals surface area contributed by atoms with Crippen LogP contribution in [0.1, 0.15) is 33.2 Å². The molecule has 0 heterocycles. The summed E-state index contributed by atoms with van der Waals surface area (Å²) >= 11 is 0. The minimum atomic E-state index is -0.268. The lowest BCUT2D eigenvalue weighted by Gasteiger charge is -2.21. The van der Waals surface area contributed by atoms with Crippen LogP contribution in [0.25, 0.3) is 0 Å². The maximum atomic E-state index is 13.0. The highest BCUT2D eigenvalue weighted by Crippen LogP contribution is 2.17. The molecule has 0 aliphatic heterocycles. The number of ether oxygens (including phenoxy) is 1. The van der Waals surface area contributed by atoms with E-state index in [-0.39, 0.29) is 11.8 Å². The summed E-state index contributed by atoms with van der Waals surface area (Å²) in [6, 6.07) is 23.7. The van der Waals surface area contributed by atoms with E-state index in [1.807, 2.05) is 37.3 Å². The molecule has 0 saturated carbocycles. The van der Waals surface area contributed by atoms with Gasteiger partial charge in [-0.05, 0) is 55.0 Å². The van der Waals surface area contributed by atoms with Crippen LogP contribution in [0.2, 0.25) is 0 Å². The average molecular weight is 388 g/mol. The zero-order valence-corrected chi connectivity index (χ0v) is 16.6. The van der Waals surface area contributed by atoms with Crippen molar-refractivity contribution >= 4 is 17.5 Å². The smallest absolute Gasteiger partial charge is 0.255 e. The number of anilines is 1. The molecule has 3 rings (SSSR count). The van der Waals surface area contributed by atoms with Gasteiger partial charge in [-0.25, -0.2) is 0 Å². The first-order valence-corrected chi connectivity index (χ1v) is 9.49. The zero-order valence-electron chi connectivity index (χ0n) is 16.6. The number of hydrogen-bond donors (Lipinski definition) is 1. The Hall–Kier alpha value is -3.60. The van der Waals surface area contributed by atoms with Crippen molar-refractivity contribution in [3.05, 3.63) is 95.6 Å². The van der Waals surface area contributed by atoms with Gasteiger partial charge in [0.1, 0.15) is 5.75 Å². The number of hydrogen-bond acceptors (Lipinski definition) is 3. The SMILES string of the molecule is CCN(Cc1ccccc1)C(=O)c1cccc(C(=O)Nc2ccc(OC)cc2)c1. The van der Waals surface area contributed by atoms with Crippen molar-refractivity contribution in [1.82, 2.24) is 4.90 Å². The summed E-state index contributed by atoms with van der Waals surface area (Å²) in [4.78, 5) is 27.3. The average Bonchev–Trinajstić information content (AvgIpc) is 2.78. The molecule has 0 fully saturated rings. The van der Waals surface area contributed by atoms with Crippen LogP contribution in [-0.4, -0.2) is 30.4 Å². The highest BCUT2D eigenvalue weighted by molar-refractivity contribution is 6.06. The van der Waals surface area contributed by atoms with Gasteiger partial charge in [-0.2, -0.15) is 0 Å². The summed E-state index contributed by atoms with van der Waals surface area (Å²) in [5.74, 6) is 0.347. The highest BCUT2D eigenvalue weighted by Gasteiger charge is 2.16. The largest absolute Gasteiger partial charge is 0.497 e. The molecule has 3 aromatic rings. The molecule has 3 aromatic carbocycles. The Balaban J connectivity index is 1.73. The van der Waals surface area contributed by atoms with E-state index in [0.717, 1.165) is 5.56 Å². The van der Waals surface area contributed by atoms with E-state index >= 15 is 0 Å². The summed E-state index contributed by atoms with van der Waals surface area (Å²) in [5, 5.41) is 2.84. The van der Waals surface area contributed by atoms with Crippen molar-refractivity contribution in [3.8, 4) is 5.75 Å². The Labute approximate surface area is 170 Å². The van der Waals surface area contributed by atoms with Gasteiger partial charge in [-0.1, -0.05) is 36.4 Å². The third-order valence-corrected chi connectivity index (χ3v) is 4.60. The number of methoxy groups -OCH3 is 1. The fourth-order valence-electron chi connectivity index (χ4n) is 2.98. The Morgan fingerprint density at radius 2 is 1.59 bits per heavy atom. The number of carbonyl (C=O) groups excluding carboxylic acids is 2. The molecule has 29 heavy (non-hydrogen) atoms. The molecule has 0 aromatic heterocycles. The number of carbonyl (C=O) groups is 2. The lowest BCUT2D eigenvalue weighted by Crippen LogP contribution is -2.30. The maximum absolute atomic E-state index is 13.0. The van der Waals surface area contributed by atoms with Gasteiger partial charge in [0.2, 0.25) is 0 Å². The van der Waals surface area contributed by atoms with Crippen molar-refractivity contribution in [1.29, 1.82) is 0 Å². The Morgan fingerprint density at radius 3 is 2.24 bits per heavy atom. The van der Waals surface area contributed by atoms with Crippen molar-refractivity contribution in [2.75, 3.05) is 19.0 Å². The molecule has 0 aliphatic carbocycles. The normalized spacial score (nSPS) is 10.3. The molecule has 148 valence electrons. The van der Waals surface area contributed by atoms with Crippen LogP contribution < -0.4 is 10.1 Å². The first-order chi connectivity index (χ1) is 14.1. The number of nitrogens with zero attached hydrogens (tertiary/aromatic N) is 1. The topological polar surface area (TPSA) is 58.6 Å². The van der Waals surface area contributed by atoms with Crippen LogP contribution in [0, 0.1) is 0 Å². The van der Waals surface area contributed by atoms with E-state index in [4.69, 9.17) is 4.74 Å². The Kier molecular flexibility index (Phi) is 6.63. The highest BCUT2D eigenvalue weighted by atomic mass is 16.5. The maximum Gasteiger partial charge on any atom is 0.255 e. The summed E-state index contributed by atoms with van der Waals surface area (Å²) in [6.45, 7) is 3.05. The number of benzene rings is 3. The van der Waals surface area contributed by atoms with Crippen LogP contribution in [0.15, 0.2) is 78.9 Å². The second-order valence-electron chi connectivity index (χ2n) is 6.57. The molecule has 0 aliphatic rings. The lowest BCUT2D eigenvalue weighted by molar-refractivity contribution is 0.0752. The van der Waals surface area contributed by atoms with Gasteiger partial charge in [-0.3, -0.25) is 9.59 Å². The first-order valence-electron chi connectivity index (χ1n) is 9.49. The van der Waals surface area contributed by atoms with E-state index in [9.17, 15) is 9.59 Å². The Bertz CT molecular complexity index is 969. The molecular weight excluding hydrogens is 364 g/mol. The molecule has 1 N–H and O–H groups in total. The summed E-state index contributed by atoms with van der Waals surface area (Å²) < 4.78 is 5.12. The second kappa shape index (κ2) is 9.55. The third-order valence-electron chi connectivity index (χ3n) is 4.60. The van der Waals surface area contributed by atoms with Crippen LogP contribution in [-0.2, 0) is 6.54 Å². The minimum absolute atomic E-state index is 0.101. The Morgan fingerprint density at radius 1 is 0.897 bits per heavy atom. The van der Waals surface area contributed by atoms with Crippen molar-refractivity contribution in [2.45, 2.75) is 13.5 Å². The number of amides is 2. The van der Waals surface area contributed by atoms with Crippen molar-refractivity contribution in [2.24, 2.45) is 0 Å². The molecule has 2 amide bonds. The molecule has 0 radical (unpaired) electrons.